The fourth-order valence-electron chi connectivity index (χ4n) is 1.42. The van der Waals surface area contributed by atoms with Crippen LogP contribution in [0.2, 0.25) is 0 Å². The lowest BCUT2D eigenvalue weighted by Crippen LogP contribution is -2.65. The van der Waals surface area contributed by atoms with Gasteiger partial charge in [-0.3, -0.25) is 5.43 Å². The van der Waals surface area contributed by atoms with E-state index in [1.165, 1.54) is 0 Å². The van der Waals surface area contributed by atoms with Gasteiger partial charge in [-0.2, -0.15) is 0 Å². The molecule has 1 rings (SSSR count). The van der Waals surface area contributed by atoms with Gasteiger partial charge in [0.2, 0.25) is 0 Å². The van der Waals surface area contributed by atoms with Crippen LogP contribution in [0.25, 0.3) is 0 Å². The Morgan fingerprint density at radius 2 is 1.88 bits per heavy atom. The van der Waals surface area contributed by atoms with E-state index >= 15 is 0 Å². The maximum absolute atomic E-state index is 9.62. The molecule has 1 saturated heterocycles. The Bertz CT molecular complexity index is 268. The molecule has 1 fully saturated rings. The van der Waals surface area contributed by atoms with Crippen LogP contribution in [-0.2, 0) is 4.74 Å². The van der Waals surface area contributed by atoms with E-state index in [2.05, 4.69) is 16.2 Å². The molecule has 0 saturated carbocycles. The topological polar surface area (TPSA) is 126 Å². The van der Waals surface area contributed by atoms with Crippen LogP contribution in [-0.4, -0.2) is 69.8 Å². The summed E-state index contributed by atoms with van der Waals surface area (Å²) in [6, 6.07) is 0. The number of ether oxygens (including phenoxy) is 1. The molecule has 0 aromatic rings. The highest BCUT2D eigenvalue weighted by Crippen LogP contribution is 2.19. The predicted octanol–water partition coefficient (Wildman–Crippen LogP) is -3.62. The standard InChI is InChI=1S/C8H17N3O5S/c1-9-8(17)11-10-7-6(15)5(14)4(13)3(2-12)16-7/h3-7,10,12-15H,2H2,1H3,(H2,9,11,17)/t3-,4-,5+,6+,7-/m1/s1. The van der Waals surface area contributed by atoms with Crippen molar-refractivity contribution in [2.24, 2.45) is 0 Å². The lowest BCUT2D eigenvalue weighted by atomic mass is 9.99. The SMILES string of the molecule is CNC(=S)NN[C@@H]1O[C@H](CO)[C@@H](O)[C@H](O)[C@@H]1O. The van der Waals surface area contributed by atoms with Crippen LogP contribution in [0.3, 0.4) is 0 Å². The summed E-state index contributed by atoms with van der Waals surface area (Å²) in [5, 5.41) is 40.5. The van der Waals surface area contributed by atoms with Gasteiger partial charge in [-0.15, -0.1) is 0 Å². The molecule has 0 unspecified atom stereocenters. The number of hydrazine groups is 1. The summed E-state index contributed by atoms with van der Waals surface area (Å²) < 4.78 is 5.15. The van der Waals surface area contributed by atoms with E-state index in [0.29, 0.717) is 0 Å². The Hall–Kier alpha value is -0.550. The summed E-state index contributed by atoms with van der Waals surface area (Å²) in [4.78, 5) is 0. The second-order valence-corrected chi connectivity index (χ2v) is 4.01. The van der Waals surface area contributed by atoms with Crippen molar-refractivity contribution >= 4 is 17.3 Å². The van der Waals surface area contributed by atoms with Gasteiger partial charge in [0.25, 0.3) is 0 Å². The first-order valence-corrected chi connectivity index (χ1v) is 5.45. The van der Waals surface area contributed by atoms with E-state index in [1.807, 2.05) is 0 Å². The Labute approximate surface area is 104 Å². The largest absolute Gasteiger partial charge is 0.394 e. The average Bonchev–Trinajstić information content (AvgIpc) is 2.34. The summed E-state index contributed by atoms with van der Waals surface area (Å²) in [6.45, 7) is -0.473. The number of thiocarbonyl (C=S) groups is 1. The molecule has 1 heterocycles. The van der Waals surface area contributed by atoms with E-state index in [1.54, 1.807) is 7.05 Å². The van der Waals surface area contributed by atoms with Crippen molar-refractivity contribution in [2.75, 3.05) is 13.7 Å². The first kappa shape index (κ1) is 14.5. The second kappa shape index (κ2) is 6.40. The van der Waals surface area contributed by atoms with Crippen molar-refractivity contribution in [2.45, 2.75) is 30.6 Å². The van der Waals surface area contributed by atoms with Gasteiger partial charge in [0.15, 0.2) is 11.3 Å². The molecule has 0 aromatic carbocycles. The van der Waals surface area contributed by atoms with Crippen LogP contribution >= 0.6 is 12.2 Å². The van der Waals surface area contributed by atoms with Crippen LogP contribution in [0.1, 0.15) is 0 Å². The molecule has 1 aliphatic rings. The number of nitrogens with one attached hydrogen (secondary N) is 3. The molecule has 0 amide bonds. The molecule has 0 spiro atoms. The minimum absolute atomic E-state index is 0.266. The van der Waals surface area contributed by atoms with Crippen LogP contribution in [0.4, 0.5) is 0 Å². The van der Waals surface area contributed by atoms with Crippen LogP contribution in [0.15, 0.2) is 0 Å². The summed E-state index contributed by atoms with van der Waals surface area (Å²) in [5.74, 6) is 0. The first-order valence-electron chi connectivity index (χ1n) is 5.05. The molecule has 0 aliphatic carbocycles. The minimum atomic E-state index is -1.41. The fraction of sp³-hybridized carbons (Fsp3) is 0.875. The number of hydrogen-bond donors (Lipinski definition) is 7. The van der Waals surface area contributed by atoms with Gasteiger partial charge in [-0.25, -0.2) is 5.43 Å². The molecule has 1 aliphatic heterocycles. The lowest BCUT2D eigenvalue weighted by molar-refractivity contribution is -0.238. The third-order valence-corrected chi connectivity index (χ3v) is 2.75. The van der Waals surface area contributed by atoms with Gasteiger partial charge in [0.1, 0.15) is 24.4 Å². The molecule has 0 bridgehead atoms. The number of hydrogen-bond acceptors (Lipinski definition) is 7. The summed E-state index contributed by atoms with van der Waals surface area (Å²) in [5.41, 5.74) is 5.05. The summed E-state index contributed by atoms with van der Waals surface area (Å²) >= 11 is 4.79. The zero-order chi connectivity index (χ0) is 13.0. The van der Waals surface area contributed by atoms with Gasteiger partial charge in [-0.05, 0) is 12.2 Å². The normalized spacial score (nSPS) is 37.6. The molecule has 0 radical (unpaired) electrons. The lowest BCUT2D eigenvalue weighted by Gasteiger charge is -2.40. The fourth-order valence-corrected chi connectivity index (χ4v) is 1.48. The highest BCUT2D eigenvalue weighted by Gasteiger charge is 2.43. The molecule has 8 nitrogen and oxygen atoms in total. The van der Waals surface area contributed by atoms with Crippen molar-refractivity contribution in [1.29, 1.82) is 0 Å². The Balaban J connectivity index is 2.56. The van der Waals surface area contributed by atoms with Gasteiger partial charge < -0.3 is 30.5 Å². The second-order valence-electron chi connectivity index (χ2n) is 3.60. The van der Waals surface area contributed by atoms with Crippen molar-refractivity contribution in [3.63, 3.8) is 0 Å². The Kier molecular flexibility index (Phi) is 5.46. The number of rotatable bonds is 3. The monoisotopic (exact) mass is 267 g/mol. The smallest absolute Gasteiger partial charge is 0.180 e. The highest BCUT2D eigenvalue weighted by atomic mass is 32.1. The van der Waals surface area contributed by atoms with Crippen molar-refractivity contribution in [3.8, 4) is 0 Å². The van der Waals surface area contributed by atoms with E-state index in [4.69, 9.17) is 22.1 Å². The summed E-state index contributed by atoms with van der Waals surface area (Å²) in [6.07, 6.45) is -6.08. The molecule has 9 heteroatoms. The quantitative estimate of drug-likeness (QED) is 0.205. The van der Waals surface area contributed by atoms with Crippen molar-refractivity contribution < 1.29 is 25.2 Å². The van der Waals surface area contributed by atoms with Gasteiger partial charge in [-0.1, -0.05) is 0 Å². The van der Waals surface area contributed by atoms with Crippen LogP contribution in [0.5, 0.6) is 0 Å². The van der Waals surface area contributed by atoms with Crippen LogP contribution < -0.4 is 16.2 Å². The molecular formula is C8H17N3O5S. The molecule has 17 heavy (non-hydrogen) atoms. The Morgan fingerprint density at radius 3 is 2.41 bits per heavy atom. The van der Waals surface area contributed by atoms with Gasteiger partial charge in [0, 0.05) is 7.05 Å². The third kappa shape index (κ3) is 3.45. The molecular weight excluding hydrogens is 250 g/mol. The maximum Gasteiger partial charge on any atom is 0.180 e. The van der Waals surface area contributed by atoms with E-state index in [-0.39, 0.29) is 5.11 Å². The zero-order valence-corrected chi connectivity index (χ0v) is 10.0. The van der Waals surface area contributed by atoms with E-state index in [0.717, 1.165) is 0 Å². The zero-order valence-electron chi connectivity index (χ0n) is 9.20. The number of aliphatic hydroxyl groups is 4. The summed E-state index contributed by atoms with van der Waals surface area (Å²) in [7, 11) is 1.60. The van der Waals surface area contributed by atoms with E-state index < -0.39 is 37.3 Å². The number of aliphatic hydroxyl groups excluding tert-OH is 4. The maximum atomic E-state index is 9.62. The molecule has 0 aromatic heterocycles. The van der Waals surface area contributed by atoms with Crippen LogP contribution in [0, 0.1) is 0 Å². The van der Waals surface area contributed by atoms with Gasteiger partial charge in [0.05, 0.1) is 6.61 Å². The molecule has 100 valence electrons. The minimum Gasteiger partial charge on any atom is -0.394 e. The average molecular weight is 267 g/mol. The predicted molar refractivity (Wildman–Crippen MR) is 61.7 cm³/mol. The molecule has 7 N–H and O–H groups in total. The van der Waals surface area contributed by atoms with Gasteiger partial charge >= 0.3 is 0 Å². The van der Waals surface area contributed by atoms with E-state index in [9.17, 15) is 15.3 Å². The van der Waals surface area contributed by atoms with Crippen molar-refractivity contribution in [1.82, 2.24) is 16.2 Å². The first-order chi connectivity index (χ1) is 8.01. The molecule has 5 atom stereocenters. The third-order valence-electron chi connectivity index (χ3n) is 2.45. The highest BCUT2D eigenvalue weighted by molar-refractivity contribution is 7.80. The Morgan fingerprint density at radius 1 is 1.24 bits per heavy atom. The van der Waals surface area contributed by atoms with Crippen molar-refractivity contribution in [3.05, 3.63) is 0 Å².